The van der Waals surface area contributed by atoms with Crippen LogP contribution in [0.1, 0.15) is 62.5 Å². The van der Waals surface area contributed by atoms with Gasteiger partial charge in [0.25, 0.3) is 0 Å². The first-order valence-electron chi connectivity index (χ1n) is 11.0. The molecule has 0 aliphatic heterocycles. The number of terminal acetylenes is 1. The van der Waals surface area contributed by atoms with Gasteiger partial charge in [0.1, 0.15) is 11.4 Å². The molecule has 2 fully saturated rings. The van der Waals surface area contributed by atoms with E-state index in [0.717, 1.165) is 57.4 Å². The normalized spacial score (nSPS) is 36.4. The van der Waals surface area contributed by atoms with Gasteiger partial charge in [-0.25, -0.2) is 0 Å². The van der Waals surface area contributed by atoms with Crippen molar-refractivity contribution in [2.24, 2.45) is 17.3 Å². The van der Waals surface area contributed by atoms with E-state index in [-0.39, 0.29) is 5.41 Å². The van der Waals surface area contributed by atoms with E-state index >= 15 is 0 Å². The third-order valence-electron chi connectivity index (χ3n) is 8.11. The van der Waals surface area contributed by atoms with Crippen LogP contribution in [-0.4, -0.2) is 42.9 Å². The number of rotatable bonds is 5. The van der Waals surface area contributed by atoms with Crippen molar-refractivity contribution in [3.8, 4) is 18.1 Å². The van der Waals surface area contributed by atoms with Crippen molar-refractivity contribution in [1.82, 2.24) is 4.90 Å². The molecule has 3 aliphatic carbocycles. The molecular weight excluding hydrogens is 346 g/mol. The molecule has 3 nitrogen and oxygen atoms in total. The zero-order chi connectivity index (χ0) is 19.9. The van der Waals surface area contributed by atoms with Crippen molar-refractivity contribution in [3.63, 3.8) is 0 Å². The van der Waals surface area contributed by atoms with Crippen LogP contribution in [0.5, 0.6) is 5.75 Å². The van der Waals surface area contributed by atoms with Crippen molar-refractivity contribution in [2.45, 2.75) is 63.4 Å². The summed E-state index contributed by atoms with van der Waals surface area (Å²) >= 11 is 0. The molecule has 0 unspecified atom stereocenters. The molecule has 0 aromatic heterocycles. The fraction of sp³-hybridized carbons (Fsp3) is 0.680. The molecule has 5 atom stereocenters. The highest BCUT2D eigenvalue weighted by atomic mass is 16.5. The molecule has 0 amide bonds. The summed E-state index contributed by atoms with van der Waals surface area (Å²) in [6.07, 6.45) is 13.1. The van der Waals surface area contributed by atoms with E-state index < -0.39 is 5.60 Å². The Kier molecular flexibility index (Phi) is 5.23. The average molecular weight is 382 g/mol. The SMILES string of the molecule is C#C[C@]1(O)CC[C@H]2[C@@H]3CCc4cc(OCCCN(C)C)ccc4[C@H]3CC[C@@]21C. The maximum Gasteiger partial charge on any atom is 0.130 e. The number of ether oxygens (including phenoxy) is 1. The highest BCUT2D eigenvalue weighted by Crippen LogP contribution is 2.64. The molecule has 3 heteroatoms. The fourth-order valence-corrected chi connectivity index (χ4v) is 6.47. The van der Waals surface area contributed by atoms with Crippen LogP contribution in [0.2, 0.25) is 0 Å². The van der Waals surface area contributed by atoms with Crippen molar-refractivity contribution in [3.05, 3.63) is 29.3 Å². The Morgan fingerprint density at radius 2 is 2.07 bits per heavy atom. The van der Waals surface area contributed by atoms with Gasteiger partial charge >= 0.3 is 0 Å². The molecule has 2 saturated carbocycles. The summed E-state index contributed by atoms with van der Waals surface area (Å²) in [6.45, 7) is 4.08. The van der Waals surface area contributed by atoms with Gasteiger partial charge in [-0.05, 0) is 100 Å². The molecule has 28 heavy (non-hydrogen) atoms. The first kappa shape index (κ1) is 19.8. The minimum absolute atomic E-state index is 0.115. The third kappa shape index (κ3) is 3.15. The maximum atomic E-state index is 11.1. The quantitative estimate of drug-likeness (QED) is 0.612. The topological polar surface area (TPSA) is 32.7 Å². The van der Waals surface area contributed by atoms with Gasteiger partial charge in [0.15, 0.2) is 0 Å². The molecular formula is C25H35NO2. The lowest BCUT2D eigenvalue weighted by atomic mass is 9.53. The molecule has 1 N–H and O–H groups in total. The highest BCUT2D eigenvalue weighted by molar-refractivity contribution is 5.41. The van der Waals surface area contributed by atoms with Crippen LogP contribution in [0, 0.1) is 29.6 Å². The number of fused-ring (bicyclic) bond motifs is 5. The third-order valence-corrected chi connectivity index (χ3v) is 8.11. The summed E-state index contributed by atoms with van der Waals surface area (Å²) in [7, 11) is 4.19. The Balaban J connectivity index is 1.48. The Hall–Kier alpha value is -1.50. The predicted octanol–water partition coefficient (Wildman–Crippen LogP) is 4.24. The van der Waals surface area contributed by atoms with E-state index in [1.165, 1.54) is 17.5 Å². The van der Waals surface area contributed by atoms with Gasteiger partial charge in [-0.15, -0.1) is 6.42 Å². The van der Waals surface area contributed by atoms with E-state index in [1.54, 1.807) is 0 Å². The number of benzene rings is 1. The smallest absolute Gasteiger partial charge is 0.130 e. The van der Waals surface area contributed by atoms with Crippen LogP contribution in [0.15, 0.2) is 18.2 Å². The summed E-state index contributed by atoms with van der Waals surface area (Å²) < 4.78 is 6.00. The summed E-state index contributed by atoms with van der Waals surface area (Å²) in [6, 6.07) is 6.76. The zero-order valence-electron chi connectivity index (χ0n) is 17.7. The van der Waals surface area contributed by atoms with E-state index in [1.807, 2.05) is 0 Å². The first-order chi connectivity index (χ1) is 13.4. The number of hydrogen-bond acceptors (Lipinski definition) is 3. The average Bonchev–Trinajstić information content (AvgIpc) is 2.96. The summed E-state index contributed by atoms with van der Waals surface area (Å²) in [5.74, 6) is 5.60. The van der Waals surface area contributed by atoms with Gasteiger partial charge in [0.2, 0.25) is 0 Å². The Morgan fingerprint density at radius 3 is 2.82 bits per heavy atom. The number of aliphatic hydroxyl groups is 1. The second-order valence-corrected chi connectivity index (χ2v) is 9.78. The van der Waals surface area contributed by atoms with Gasteiger partial charge in [0, 0.05) is 12.0 Å². The summed E-state index contributed by atoms with van der Waals surface area (Å²) in [4.78, 5) is 2.19. The van der Waals surface area contributed by atoms with Gasteiger partial charge < -0.3 is 14.7 Å². The van der Waals surface area contributed by atoms with Gasteiger partial charge in [0.05, 0.1) is 6.61 Å². The zero-order valence-corrected chi connectivity index (χ0v) is 17.7. The number of nitrogens with zero attached hydrogens (tertiary/aromatic N) is 1. The molecule has 0 bridgehead atoms. The minimum atomic E-state index is -0.910. The second-order valence-electron chi connectivity index (χ2n) is 9.78. The van der Waals surface area contributed by atoms with Crippen molar-refractivity contribution in [1.29, 1.82) is 0 Å². The summed E-state index contributed by atoms with van der Waals surface area (Å²) in [5.41, 5.74) is 1.97. The molecule has 0 spiro atoms. The standard InChI is InChI=1S/C25H35NO2/c1-5-25(27)14-12-23-22-9-7-18-17-19(28-16-6-15-26(3)4)8-10-20(18)21(22)11-13-24(23,25)2/h1,8,10,17,21-23,27H,6-7,9,11-16H2,2-4H3/t21-,22-,23+,24+,25+/m1/s1. The minimum Gasteiger partial charge on any atom is -0.494 e. The van der Waals surface area contributed by atoms with E-state index in [4.69, 9.17) is 11.2 Å². The molecule has 1 aromatic rings. The monoisotopic (exact) mass is 381 g/mol. The van der Waals surface area contributed by atoms with E-state index in [2.05, 4.69) is 50.0 Å². The molecule has 0 heterocycles. The van der Waals surface area contributed by atoms with Crippen molar-refractivity contribution < 1.29 is 9.84 Å². The fourth-order valence-electron chi connectivity index (χ4n) is 6.47. The highest BCUT2D eigenvalue weighted by Gasteiger charge is 2.61. The number of hydrogen-bond donors (Lipinski definition) is 1. The first-order valence-corrected chi connectivity index (χ1v) is 11.0. The molecule has 0 radical (unpaired) electrons. The maximum absolute atomic E-state index is 11.1. The molecule has 1 aromatic carbocycles. The largest absolute Gasteiger partial charge is 0.494 e. The van der Waals surface area contributed by atoms with E-state index in [9.17, 15) is 5.11 Å². The molecule has 4 rings (SSSR count). The lowest BCUT2D eigenvalue weighted by molar-refractivity contribution is -0.0646. The van der Waals surface area contributed by atoms with Crippen LogP contribution in [0.3, 0.4) is 0 Å². The van der Waals surface area contributed by atoms with Crippen LogP contribution in [0.4, 0.5) is 0 Å². The van der Waals surface area contributed by atoms with Crippen LogP contribution in [-0.2, 0) is 6.42 Å². The Morgan fingerprint density at radius 1 is 1.25 bits per heavy atom. The number of aryl methyl sites for hydroxylation is 1. The van der Waals surface area contributed by atoms with Crippen molar-refractivity contribution >= 4 is 0 Å². The molecule has 0 saturated heterocycles. The second kappa shape index (κ2) is 7.39. The molecule has 152 valence electrons. The lowest BCUT2D eigenvalue weighted by Gasteiger charge is -2.52. The van der Waals surface area contributed by atoms with Crippen LogP contribution < -0.4 is 4.74 Å². The van der Waals surface area contributed by atoms with Crippen LogP contribution in [0.25, 0.3) is 0 Å². The Labute approximate surface area is 170 Å². The lowest BCUT2D eigenvalue weighted by Crippen LogP contribution is -2.50. The van der Waals surface area contributed by atoms with Crippen LogP contribution >= 0.6 is 0 Å². The Bertz CT molecular complexity index is 766. The summed E-state index contributed by atoms with van der Waals surface area (Å²) in [5, 5.41) is 11.1. The van der Waals surface area contributed by atoms with Crippen molar-refractivity contribution in [2.75, 3.05) is 27.2 Å². The van der Waals surface area contributed by atoms with Gasteiger partial charge in [-0.3, -0.25) is 0 Å². The predicted molar refractivity (Wildman–Crippen MR) is 114 cm³/mol. The van der Waals surface area contributed by atoms with Gasteiger partial charge in [-0.1, -0.05) is 18.9 Å². The molecule has 3 aliphatic rings. The van der Waals surface area contributed by atoms with E-state index in [0.29, 0.717) is 17.8 Å². The van der Waals surface area contributed by atoms with Gasteiger partial charge in [-0.2, -0.15) is 0 Å².